The first-order chi connectivity index (χ1) is 13.0. The lowest BCUT2D eigenvalue weighted by Crippen LogP contribution is -2.29. The number of rotatable bonds is 5. The van der Waals surface area contributed by atoms with Crippen molar-refractivity contribution in [1.82, 2.24) is 25.6 Å². The molecule has 7 heteroatoms. The van der Waals surface area contributed by atoms with Crippen LogP contribution in [-0.2, 0) is 6.42 Å². The van der Waals surface area contributed by atoms with Crippen molar-refractivity contribution in [2.75, 3.05) is 7.05 Å². The van der Waals surface area contributed by atoms with Gasteiger partial charge in [0.1, 0.15) is 11.3 Å². The monoisotopic (exact) mass is 365 g/mol. The Hall–Kier alpha value is -2.93. The Labute approximate surface area is 157 Å². The van der Waals surface area contributed by atoms with E-state index in [4.69, 9.17) is 4.74 Å². The predicted octanol–water partition coefficient (Wildman–Crippen LogP) is 3.10. The number of aromatic amines is 1. The minimum absolute atomic E-state index is 0.0429. The molecule has 0 spiro atoms. The highest BCUT2D eigenvalue weighted by atomic mass is 16.5. The van der Waals surface area contributed by atoms with Gasteiger partial charge >= 0.3 is 0 Å². The van der Waals surface area contributed by atoms with E-state index in [9.17, 15) is 4.79 Å². The highest BCUT2D eigenvalue weighted by Crippen LogP contribution is 2.34. The predicted molar refractivity (Wildman–Crippen MR) is 103 cm³/mol. The van der Waals surface area contributed by atoms with Crippen LogP contribution in [0.3, 0.4) is 0 Å². The molecule has 0 aliphatic heterocycles. The van der Waals surface area contributed by atoms with Crippen molar-refractivity contribution in [3.8, 4) is 11.6 Å². The lowest BCUT2D eigenvalue weighted by Gasteiger charge is -2.12. The molecule has 27 heavy (non-hydrogen) atoms. The Kier molecular flexibility index (Phi) is 4.53. The summed E-state index contributed by atoms with van der Waals surface area (Å²) in [5.41, 5.74) is 4.13. The summed E-state index contributed by atoms with van der Waals surface area (Å²) in [7, 11) is 1.97. The maximum Gasteiger partial charge on any atom is 0.255 e. The number of H-pyrrole nitrogens is 1. The maximum atomic E-state index is 12.4. The zero-order valence-electron chi connectivity index (χ0n) is 15.7. The van der Waals surface area contributed by atoms with Gasteiger partial charge in [-0.1, -0.05) is 6.07 Å². The van der Waals surface area contributed by atoms with Crippen molar-refractivity contribution < 1.29 is 9.53 Å². The van der Waals surface area contributed by atoms with Gasteiger partial charge in [-0.2, -0.15) is 0 Å². The average Bonchev–Trinajstić information content (AvgIpc) is 3.24. The van der Waals surface area contributed by atoms with Gasteiger partial charge in [0.05, 0.1) is 11.8 Å². The average molecular weight is 365 g/mol. The molecule has 0 radical (unpaired) electrons. The number of aromatic nitrogens is 3. The van der Waals surface area contributed by atoms with Crippen LogP contribution >= 0.6 is 0 Å². The first kappa shape index (κ1) is 17.5. The number of hydrogen-bond donors (Lipinski definition) is 3. The van der Waals surface area contributed by atoms with Crippen LogP contribution in [0.5, 0.6) is 11.6 Å². The van der Waals surface area contributed by atoms with Crippen LogP contribution < -0.4 is 15.4 Å². The summed E-state index contributed by atoms with van der Waals surface area (Å²) in [6.45, 7) is 3.83. The number of benzene rings is 1. The number of fused-ring (bicyclic) bond motifs is 2. The molecule has 7 nitrogen and oxygen atoms in total. The summed E-state index contributed by atoms with van der Waals surface area (Å²) in [5, 5.41) is 6.21. The third-order valence-electron chi connectivity index (χ3n) is 4.79. The van der Waals surface area contributed by atoms with E-state index in [1.165, 1.54) is 11.1 Å². The highest BCUT2D eigenvalue weighted by molar-refractivity contribution is 6.04. The lowest BCUT2D eigenvalue weighted by atomic mass is 10.1. The number of nitrogens with one attached hydrogen (secondary N) is 3. The molecular formula is C20H23N5O2. The smallest absolute Gasteiger partial charge is 0.255 e. The molecule has 3 aromatic rings. The second kappa shape index (κ2) is 7.00. The van der Waals surface area contributed by atoms with E-state index in [2.05, 4.69) is 37.7 Å². The summed E-state index contributed by atoms with van der Waals surface area (Å²) >= 11 is 0. The van der Waals surface area contributed by atoms with Gasteiger partial charge in [-0.15, -0.1) is 0 Å². The van der Waals surface area contributed by atoms with Gasteiger partial charge in [-0.05, 0) is 57.0 Å². The maximum absolute atomic E-state index is 12.4. The fourth-order valence-corrected chi connectivity index (χ4v) is 3.50. The minimum Gasteiger partial charge on any atom is -0.437 e. The number of nitrogens with zero attached hydrogens (tertiary/aromatic N) is 2. The summed E-state index contributed by atoms with van der Waals surface area (Å²) in [6.07, 6.45) is 5.36. The second-order valence-corrected chi connectivity index (χ2v) is 7.08. The van der Waals surface area contributed by atoms with Gasteiger partial charge in [0, 0.05) is 18.3 Å². The molecule has 1 atom stereocenters. The summed E-state index contributed by atoms with van der Waals surface area (Å²) in [5.74, 6) is 0.894. The van der Waals surface area contributed by atoms with E-state index in [1.807, 2.05) is 27.0 Å². The van der Waals surface area contributed by atoms with Gasteiger partial charge in [0.25, 0.3) is 5.91 Å². The molecule has 3 N–H and O–H groups in total. The summed E-state index contributed by atoms with van der Waals surface area (Å²) in [4.78, 5) is 24.2. The first-order valence-corrected chi connectivity index (χ1v) is 9.18. The molecule has 0 bridgehead atoms. The van der Waals surface area contributed by atoms with E-state index in [1.54, 1.807) is 12.4 Å². The van der Waals surface area contributed by atoms with Crippen molar-refractivity contribution in [3.63, 3.8) is 0 Å². The molecule has 0 saturated heterocycles. The topological polar surface area (TPSA) is 91.9 Å². The second-order valence-electron chi connectivity index (χ2n) is 7.08. The number of carbonyl (C=O) groups excluding carboxylic acids is 1. The van der Waals surface area contributed by atoms with Crippen LogP contribution in [0.25, 0.3) is 11.2 Å². The minimum atomic E-state index is -0.183. The quantitative estimate of drug-likeness (QED) is 0.646. The molecule has 1 aliphatic carbocycles. The van der Waals surface area contributed by atoms with Crippen LogP contribution in [0.2, 0.25) is 0 Å². The first-order valence-electron chi connectivity index (χ1n) is 9.18. The Morgan fingerprint density at radius 1 is 1.37 bits per heavy atom. The van der Waals surface area contributed by atoms with E-state index >= 15 is 0 Å². The zero-order valence-corrected chi connectivity index (χ0v) is 15.7. The fourth-order valence-electron chi connectivity index (χ4n) is 3.50. The molecule has 1 amide bonds. The number of amides is 1. The van der Waals surface area contributed by atoms with Crippen molar-refractivity contribution in [2.24, 2.45) is 0 Å². The van der Waals surface area contributed by atoms with Crippen LogP contribution in [0.15, 0.2) is 30.6 Å². The van der Waals surface area contributed by atoms with Crippen LogP contribution in [-0.4, -0.2) is 33.9 Å². The number of aryl methyl sites for hydroxylation is 1. The largest absolute Gasteiger partial charge is 0.437 e. The normalized spacial score (nSPS) is 15.9. The summed E-state index contributed by atoms with van der Waals surface area (Å²) in [6, 6.07) is 6.51. The molecule has 140 valence electrons. The van der Waals surface area contributed by atoms with Gasteiger partial charge in [-0.3, -0.25) is 4.79 Å². The van der Waals surface area contributed by atoms with E-state index in [0.29, 0.717) is 34.4 Å². The van der Waals surface area contributed by atoms with Crippen molar-refractivity contribution >= 4 is 17.1 Å². The van der Waals surface area contributed by atoms with E-state index in [-0.39, 0.29) is 11.9 Å². The molecule has 4 rings (SSSR count). The number of ether oxygens (including phenoxy) is 1. The van der Waals surface area contributed by atoms with Crippen LogP contribution in [0.4, 0.5) is 0 Å². The van der Waals surface area contributed by atoms with Crippen molar-refractivity contribution in [1.29, 1.82) is 0 Å². The molecule has 2 aromatic heterocycles. The Morgan fingerprint density at radius 3 is 3.00 bits per heavy atom. The van der Waals surface area contributed by atoms with Gasteiger partial charge < -0.3 is 20.4 Å². The Morgan fingerprint density at radius 2 is 2.22 bits per heavy atom. The van der Waals surface area contributed by atoms with E-state index < -0.39 is 0 Å². The molecule has 1 aromatic carbocycles. The molecule has 2 heterocycles. The Bertz CT molecular complexity index is 995. The standard InChI is InChI=1S/C20H23N5O2/c1-11(2)24-20(26)15-9-22-19-18(15)25-17(10-23-19)27-13-6-4-12-5-7-16(21-3)14(12)8-13/h4,6,8-11,16,21H,5,7H2,1-3H3,(H,22,23)(H,24,26). The molecular weight excluding hydrogens is 342 g/mol. The van der Waals surface area contributed by atoms with Gasteiger partial charge in [-0.25, -0.2) is 9.97 Å². The van der Waals surface area contributed by atoms with Crippen molar-refractivity contribution in [2.45, 2.75) is 38.8 Å². The van der Waals surface area contributed by atoms with Gasteiger partial charge in [0.2, 0.25) is 5.88 Å². The number of carbonyl (C=O) groups is 1. The van der Waals surface area contributed by atoms with Gasteiger partial charge in [0.15, 0.2) is 5.65 Å². The molecule has 0 saturated carbocycles. The molecule has 0 fully saturated rings. The third-order valence-corrected chi connectivity index (χ3v) is 4.79. The Balaban J connectivity index is 1.62. The summed E-state index contributed by atoms with van der Waals surface area (Å²) < 4.78 is 5.94. The number of hydrogen-bond acceptors (Lipinski definition) is 5. The lowest BCUT2D eigenvalue weighted by molar-refractivity contribution is 0.0944. The SMILES string of the molecule is CNC1CCc2ccc(Oc3cnc4[nH]cc(C(=O)NC(C)C)c4n3)cc21. The van der Waals surface area contributed by atoms with Crippen molar-refractivity contribution in [3.05, 3.63) is 47.3 Å². The highest BCUT2D eigenvalue weighted by Gasteiger charge is 2.22. The fraction of sp³-hybridized carbons (Fsp3) is 0.350. The zero-order chi connectivity index (χ0) is 19.0. The molecule has 1 aliphatic rings. The third kappa shape index (κ3) is 3.38. The van der Waals surface area contributed by atoms with Crippen LogP contribution in [0.1, 0.15) is 47.8 Å². The molecule has 1 unspecified atom stereocenters. The van der Waals surface area contributed by atoms with Crippen LogP contribution in [0, 0.1) is 0 Å². The van der Waals surface area contributed by atoms with E-state index in [0.717, 1.165) is 12.8 Å².